The van der Waals surface area contributed by atoms with Crippen molar-refractivity contribution in [3.63, 3.8) is 0 Å². The van der Waals surface area contributed by atoms with Gasteiger partial charge in [0.05, 0.1) is 23.0 Å². The summed E-state index contributed by atoms with van der Waals surface area (Å²) in [5.41, 5.74) is 7.51. The minimum Gasteiger partial charge on any atom is -0.337 e. The van der Waals surface area contributed by atoms with E-state index in [9.17, 15) is 4.79 Å². The van der Waals surface area contributed by atoms with Crippen molar-refractivity contribution in [3.05, 3.63) is 17.5 Å². The fourth-order valence-electron chi connectivity index (χ4n) is 2.61. The second-order valence-corrected chi connectivity index (χ2v) is 6.24. The van der Waals surface area contributed by atoms with Crippen LogP contribution in [0.3, 0.4) is 0 Å². The Morgan fingerprint density at radius 3 is 2.68 bits per heavy atom. The Morgan fingerprint density at radius 1 is 1.53 bits per heavy atom. The Morgan fingerprint density at radius 2 is 2.21 bits per heavy atom. The zero-order valence-electron chi connectivity index (χ0n) is 12.3. The van der Waals surface area contributed by atoms with Crippen molar-refractivity contribution in [2.45, 2.75) is 52.1 Å². The summed E-state index contributed by atoms with van der Waals surface area (Å²) >= 11 is 0. The SMILES string of the molecule is CCc1c(C(=O)N2CC[C@@H](N)C2)cnn1C(C)(C)C. The van der Waals surface area contributed by atoms with E-state index in [0.29, 0.717) is 6.54 Å². The van der Waals surface area contributed by atoms with E-state index in [0.717, 1.165) is 30.6 Å². The molecule has 1 fully saturated rings. The van der Waals surface area contributed by atoms with E-state index in [4.69, 9.17) is 5.73 Å². The molecule has 1 aliphatic rings. The van der Waals surface area contributed by atoms with Gasteiger partial charge in [0.15, 0.2) is 0 Å². The summed E-state index contributed by atoms with van der Waals surface area (Å²) in [4.78, 5) is 14.4. The molecule has 0 aromatic carbocycles. The molecule has 2 heterocycles. The molecule has 5 heteroatoms. The summed E-state index contributed by atoms with van der Waals surface area (Å²) in [6.45, 7) is 9.76. The molecule has 19 heavy (non-hydrogen) atoms. The summed E-state index contributed by atoms with van der Waals surface area (Å²) in [5.74, 6) is 0.0697. The highest BCUT2D eigenvalue weighted by Crippen LogP contribution is 2.22. The first-order valence-electron chi connectivity index (χ1n) is 6.96. The van der Waals surface area contributed by atoms with Gasteiger partial charge in [-0.1, -0.05) is 6.92 Å². The number of nitrogens with zero attached hydrogens (tertiary/aromatic N) is 3. The standard InChI is InChI=1S/C14H24N4O/c1-5-12-11(8-16-18(12)14(2,3)4)13(19)17-7-6-10(15)9-17/h8,10H,5-7,9,15H2,1-4H3/t10-/m1/s1. The Balaban J connectivity index is 2.30. The largest absolute Gasteiger partial charge is 0.337 e. The molecule has 0 saturated carbocycles. The van der Waals surface area contributed by atoms with Gasteiger partial charge in [0.25, 0.3) is 5.91 Å². The van der Waals surface area contributed by atoms with E-state index in [2.05, 4.69) is 32.8 Å². The number of rotatable bonds is 2. The Bertz CT molecular complexity index is 472. The monoisotopic (exact) mass is 264 g/mol. The molecule has 0 radical (unpaired) electrons. The van der Waals surface area contributed by atoms with Crippen LogP contribution in [-0.4, -0.2) is 39.7 Å². The molecule has 1 aromatic heterocycles. The maximum atomic E-state index is 12.5. The van der Waals surface area contributed by atoms with Crippen LogP contribution in [0, 0.1) is 0 Å². The van der Waals surface area contributed by atoms with Gasteiger partial charge in [-0.25, -0.2) is 0 Å². The topological polar surface area (TPSA) is 64.2 Å². The second kappa shape index (κ2) is 4.96. The molecule has 1 amide bonds. The molecular formula is C14H24N4O. The summed E-state index contributed by atoms with van der Waals surface area (Å²) in [7, 11) is 0. The fourth-order valence-corrected chi connectivity index (χ4v) is 2.61. The van der Waals surface area contributed by atoms with Gasteiger partial charge >= 0.3 is 0 Å². The van der Waals surface area contributed by atoms with E-state index in [1.807, 2.05) is 9.58 Å². The van der Waals surface area contributed by atoms with Gasteiger partial charge < -0.3 is 10.6 Å². The molecule has 0 bridgehead atoms. The van der Waals surface area contributed by atoms with Crippen LogP contribution in [0.1, 0.15) is 50.2 Å². The average molecular weight is 264 g/mol. The van der Waals surface area contributed by atoms with Gasteiger partial charge in [-0.3, -0.25) is 9.48 Å². The van der Waals surface area contributed by atoms with E-state index < -0.39 is 0 Å². The first kappa shape index (κ1) is 14.1. The number of amides is 1. The van der Waals surface area contributed by atoms with Crippen LogP contribution in [0.4, 0.5) is 0 Å². The maximum absolute atomic E-state index is 12.5. The lowest BCUT2D eigenvalue weighted by atomic mass is 10.1. The average Bonchev–Trinajstić information content (AvgIpc) is 2.92. The predicted octanol–water partition coefficient (Wildman–Crippen LogP) is 1.37. The molecule has 106 valence electrons. The second-order valence-electron chi connectivity index (χ2n) is 6.24. The zero-order chi connectivity index (χ0) is 14.2. The minimum atomic E-state index is -0.106. The van der Waals surface area contributed by atoms with E-state index >= 15 is 0 Å². The van der Waals surface area contributed by atoms with Crippen molar-refractivity contribution in [2.24, 2.45) is 5.73 Å². The normalized spacial score (nSPS) is 20.1. The quantitative estimate of drug-likeness (QED) is 0.877. The van der Waals surface area contributed by atoms with Gasteiger partial charge in [0.1, 0.15) is 0 Å². The number of nitrogens with two attached hydrogens (primary N) is 1. The molecule has 1 saturated heterocycles. The molecule has 1 aromatic rings. The predicted molar refractivity (Wildman–Crippen MR) is 75.1 cm³/mol. The first-order chi connectivity index (χ1) is 8.84. The molecule has 1 atom stereocenters. The third-order valence-corrected chi connectivity index (χ3v) is 3.58. The van der Waals surface area contributed by atoms with Crippen molar-refractivity contribution in [1.29, 1.82) is 0 Å². The van der Waals surface area contributed by atoms with E-state index in [1.54, 1.807) is 6.20 Å². The molecule has 0 spiro atoms. The van der Waals surface area contributed by atoms with Crippen LogP contribution in [0.2, 0.25) is 0 Å². The van der Waals surface area contributed by atoms with Gasteiger partial charge in [-0.05, 0) is 33.6 Å². The summed E-state index contributed by atoms with van der Waals surface area (Å²) in [6, 6.07) is 0.117. The number of hydrogen-bond acceptors (Lipinski definition) is 3. The first-order valence-corrected chi connectivity index (χ1v) is 6.96. The number of carbonyl (C=O) groups is 1. The Kier molecular flexibility index (Phi) is 3.67. The third kappa shape index (κ3) is 2.66. The van der Waals surface area contributed by atoms with Crippen LogP contribution < -0.4 is 5.73 Å². The maximum Gasteiger partial charge on any atom is 0.257 e. The van der Waals surface area contributed by atoms with Crippen molar-refractivity contribution in [1.82, 2.24) is 14.7 Å². The van der Waals surface area contributed by atoms with Crippen LogP contribution in [0.5, 0.6) is 0 Å². The van der Waals surface area contributed by atoms with Gasteiger partial charge in [-0.2, -0.15) is 5.10 Å². The molecule has 0 unspecified atom stereocenters. The minimum absolute atomic E-state index is 0.0697. The van der Waals surface area contributed by atoms with Crippen LogP contribution in [0.15, 0.2) is 6.20 Å². The highest BCUT2D eigenvalue weighted by Gasteiger charge is 2.29. The van der Waals surface area contributed by atoms with E-state index in [1.165, 1.54) is 0 Å². The number of aromatic nitrogens is 2. The lowest BCUT2D eigenvalue weighted by molar-refractivity contribution is 0.0789. The van der Waals surface area contributed by atoms with Crippen LogP contribution >= 0.6 is 0 Å². The van der Waals surface area contributed by atoms with Crippen molar-refractivity contribution < 1.29 is 4.79 Å². The molecule has 5 nitrogen and oxygen atoms in total. The van der Waals surface area contributed by atoms with Crippen molar-refractivity contribution in [2.75, 3.05) is 13.1 Å². The summed E-state index contributed by atoms with van der Waals surface area (Å²) in [5, 5.41) is 4.41. The molecule has 2 N–H and O–H groups in total. The van der Waals surface area contributed by atoms with Crippen molar-refractivity contribution in [3.8, 4) is 0 Å². The molecule has 2 rings (SSSR count). The zero-order valence-corrected chi connectivity index (χ0v) is 12.3. The highest BCUT2D eigenvalue weighted by molar-refractivity contribution is 5.95. The Hall–Kier alpha value is -1.36. The number of hydrogen-bond donors (Lipinski definition) is 1. The van der Waals surface area contributed by atoms with E-state index in [-0.39, 0.29) is 17.5 Å². The number of likely N-dealkylation sites (tertiary alicyclic amines) is 1. The lowest BCUT2D eigenvalue weighted by Crippen LogP contribution is -2.33. The summed E-state index contributed by atoms with van der Waals surface area (Å²) < 4.78 is 1.95. The van der Waals surface area contributed by atoms with Gasteiger partial charge in [0, 0.05) is 19.1 Å². The fraction of sp³-hybridized carbons (Fsp3) is 0.714. The Labute approximate surface area is 114 Å². The van der Waals surface area contributed by atoms with Gasteiger partial charge in [0.2, 0.25) is 0 Å². The van der Waals surface area contributed by atoms with Crippen molar-refractivity contribution >= 4 is 5.91 Å². The number of carbonyl (C=O) groups excluding carboxylic acids is 1. The third-order valence-electron chi connectivity index (χ3n) is 3.58. The summed E-state index contributed by atoms with van der Waals surface area (Å²) in [6.07, 6.45) is 3.40. The molecule has 0 aliphatic carbocycles. The van der Waals surface area contributed by atoms with Crippen LogP contribution in [0.25, 0.3) is 0 Å². The molecular weight excluding hydrogens is 240 g/mol. The smallest absolute Gasteiger partial charge is 0.257 e. The lowest BCUT2D eigenvalue weighted by Gasteiger charge is -2.23. The van der Waals surface area contributed by atoms with Gasteiger partial charge in [-0.15, -0.1) is 0 Å². The van der Waals surface area contributed by atoms with Crippen LogP contribution in [-0.2, 0) is 12.0 Å². The highest BCUT2D eigenvalue weighted by atomic mass is 16.2. The molecule has 1 aliphatic heterocycles.